The van der Waals surface area contributed by atoms with E-state index in [0.717, 1.165) is 34.6 Å². The van der Waals surface area contributed by atoms with Crippen molar-refractivity contribution in [3.63, 3.8) is 0 Å². The van der Waals surface area contributed by atoms with E-state index in [-0.39, 0.29) is 11.3 Å². The summed E-state index contributed by atoms with van der Waals surface area (Å²) in [6.45, 7) is 0.475. The second-order valence-corrected chi connectivity index (χ2v) is 8.89. The molecule has 1 amide bonds. The van der Waals surface area contributed by atoms with Crippen molar-refractivity contribution in [2.75, 3.05) is 14.2 Å². The van der Waals surface area contributed by atoms with Crippen molar-refractivity contribution >= 4 is 12.1 Å². The Balaban J connectivity index is 1.35. The molecule has 27 heavy (non-hydrogen) atoms. The monoisotopic (exact) mass is 370 g/mol. The lowest BCUT2D eigenvalue weighted by Gasteiger charge is -2.56. The molecule has 4 aliphatic rings. The molecular formula is C22H30N2O3. The first-order valence-corrected chi connectivity index (χ1v) is 10.1. The summed E-state index contributed by atoms with van der Waals surface area (Å²) in [6, 6.07) is 5.79. The van der Waals surface area contributed by atoms with Crippen molar-refractivity contribution in [2.24, 2.45) is 28.3 Å². The Morgan fingerprint density at radius 1 is 1.19 bits per heavy atom. The third kappa shape index (κ3) is 4.03. The summed E-state index contributed by atoms with van der Waals surface area (Å²) in [6.07, 6.45) is 10.3. The molecule has 0 spiro atoms. The maximum atomic E-state index is 12.5. The van der Waals surface area contributed by atoms with Gasteiger partial charge in [-0.05, 0) is 85.5 Å². The molecule has 4 bridgehead atoms. The van der Waals surface area contributed by atoms with Crippen LogP contribution in [0.2, 0.25) is 0 Å². The molecule has 0 aliphatic heterocycles. The van der Waals surface area contributed by atoms with E-state index in [0.29, 0.717) is 13.0 Å². The SMILES string of the molecule is COCc1cc(/C=N/NC(=O)CC23CC4CC(CC(C4)C2)C3)ccc1OC. The highest BCUT2D eigenvalue weighted by Gasteiger charge is 2.51. The summed E-state index contributed by atoms with van der Waals surface area (Å²) in [4.78, 5) is 12.5. The fraction of sp³-hybridized carbons (Fsp3) is 0.636. The minimum Gasteiger partial charge on any atom is -0.496 e. The molecule has 4 fully saturated rings. The Labute approximate surface area is 161 Å². The van der Waals surface area contributed by atoms with E-state index in [1.165, 1.54) is 38.5 Å². The first kappa shape index (κ1) is 18.5. The fourth-order valence-corrected chi connectivity index (χ4v) is 6.21. The standard InChI is InChI=1S/C22H30N2O3/c1-26-14-19-8-15(3-4-20(19)27-2)13-23-24-21(25)12-22-9-16-5-17(10-22)7-18(6-16)11-22/h3-4,8,13,16-18H,5-7,9-12,14H2,1-2H3,(H,24,25)/b23-13+. The van der Waals surface area contributed by atoms with Gasteiger partial charge in [-0.15, -0.1) is 0 Å². The number of hydrogen-bond donors (Lipinski definition) is 1. The second-order valence-electron chi connectivity index (χ2n) is 8.89. The molecule has 0 atom stereocenters. The molecule has 4 aliphatic carbocycles. The minimum atomic E-state index is 0.0545. The zero-order chi connectivity index (χ0) is 18.9. The maximum absolute atomic E-state index is 12.5. The van der Waals surface area contributed by atoms with Crippen LogP contribution in [0.25, 0.3) is 0 Å². The van der Waals surface area contributed by atoms with Crippen LogP contribution in [0.4, 0.5) is 0 Å². The Hall–Kier alpha value is -1.88. The lowest BCUT2D eigenvalue weighted by Crippen LogP contribution is -2.47. The van der Waals surface area contributed by atoms with Crippen molar-refractivity contribution in [3.05, 3.63) is 29.3 Å². The van der Waals surface area contributed by atoms with Gasteiger partial charge in [-0.1, -0.05) is 0 Å². The van der Waals surface area contributed by atoms with Gasteiger partial charge >= 0.3 is 0 Å². The summed E-state index contributed by atoms with van der Waals surface area (Å²) < 4.78 is 10.5. The number of hydrazone groups is 1. The molecule has 4 saturated carbocycles. The van der Waals surface area contributed by atoms with E-state index in [1.807, 2.05) is 18.2 Å². The molecule has 0 aromatic heterocycles. The third-order valence-electron chi connectivity index (χ3n) is 6.71. The van der Waals surface area contributed by atoms with E-state index in [1.54, 1.807) is 20.4 Å². The van der Waals surface area contributed by atoms with E-state index < -0.39 is 0 Å². The molecule has 0 unspecified atom stereocenters. The summed E-state index contributed by atoms with van der Waals surface area (Å²) in [5.74, 6) is 3.45. The molecule has 0 saturated heterocycles. The van der Waals surface area contributed by atoms with E-state index in [9.17, 15) is 4.79 Å². The molecule has 1 aromatic rings. The summed E-state index contributed by atoms with van der Waals surface area (Å²) in [5.41, 5.74) is 4.88. The average molecular weight is 370 g/mol. The van der Waals surface area contributed by atoms with Crippen molar-refractivity contribution in [1.82, 2.24) is 5.43 Å². The highest BCUT2D eigenvalue weighted by atomic mass is 16.5. The Bertz CT molecular complexity index is 693. The van der Waals surface area contributed by atoms with E-state index >= 15 is 0 Å². The van der Waals surface area contributed by atoms with Gasteiger partial charge in [0.15, 0.2) is 0 Å². The molecule has 146 valence electrons. The van der Waals surface area contributed by atoms with Gasteiger partial charge in [0.05, 0.1) is 19.9 Å². The third-order valence-corrected chi connectivity index (χ3v) is 6.71. The van der Waals surface area contributed by atoms with Gasteiger partial charge in [-0.3, -0.25) is 4.79 Å². The molecule has 5 nitrogen and oxygen atoms in total. The zero-order valence-corrected chi connectivity index (χ0v) is 16.4. The van der Waals surface area contributed by atoms with Gasteiger partial charge < -0.3 is 9.47 Å². The fourth-order valence-electron chi connectivity index (χ4n) is 6.21. The number of methoxy groups -OCH3 is 2. The molecule has 1 N–H and O–H groups in total. The molecule has 5 heteroatoms. The Morgan fingerprint density at radius 3 is 2.44 bits per heavy atom. The number of carbonyl (C=O) groups excluding carboxylic acids is 1. The van der Waals surface area contributed by atoms with Gasteiger partial charge in [-0.2, -0.15) is 5.10 Å². The topological polar surface area (TPSA) is 59.9 Å². The lowest BCUT2D eigenvalue weighted by atomic mass is 9.49. The molecule has 0 heterocycles. The van der Waals surface area contributed by atoms with Crippen molar-refractivity contribution in [2.45, 2.75) is 51.6 Å². The van der Waals surface area contributed by atoms with Crippen LogP contribution < -0.4 is 10.2 Å². The number of nitrogens with zero attached hydrogens (tertiary/aromatic N) is 1. The number of carbonyl (C=O) groups is 1. The quantitative estimate of drug-likeness (QED) is 0.585. The summed E-state index contributed by atoms with van der Waals surface area (Å²) >= 11 is 0. The number of nitrogens with one attached hydrogen (secondary N) is 1. The minimum absolute atomic E-state index is 0.0545. The zero-order valence-electron chi connectivity index (χ0n) is 16.4. The maximum Gasteiger partial charge on any atom is 0.240 e. The summed E-state index contributed by atoms with van der Waals surface area (Å²) in [7, 11) is 3.30. The first-order valence-electron chi connectivity index (χ1n) is 10.1. The first-order chi connectivity index (χ1) is 13.1. The predicted octanol–water partition coefficient (Wildman–Crippen LogP) is 3.90. The molecule has 0 radical (unpaired) electrons. The van der Waals surface area contributed by atoms with Crippen LogP contribution >= 0.6 is 0 Å². The predicted molar refractivity (Wildman–Crippen MR) is 105 cm³/mol. The van der Waals surface area contributed by atoms with E-state index in [4.69, 9.17) is 9.47 Å². The van der Waals surface area contributed by atoms with Gasteiger partial charge in [0.25, 0.3) is 0 Å². The largest absolute Gasteiger partial charge is 0.496 e. The van der Waals surface area contributed by atoms with Crippen LogP contribution in [0, 0.1) is 23.2 Å². The molecular weight excluding hydrogens is 340 g/mol. The number of hydrogen-bond acceptors (Lipinski definition) is 4. The van der Waals surface area contributed by atoms with Gasteiger partial charge in [0, 0.05) is 19.1 Å². The van der Waals surface area contributed by atoms with Gasteiger partial charge in [0.1, 0.15) is 5.75 Å². The molecule has 1 aromatic carbocycles. The van der Waals surface area contributed by atoms with Crippen molar-refractivity contribution in [1.29, 1.82) is 0 Å². The van der Waals surface area contributed by atoms with Crippen LogP contribution in [-0.2, 0) is 16.1 Å². The molecule has 5 rings (SSSR count). The highest BCUT2D eigenvalue weighted by Crippen LogP contribution is 2.61. The van der Waals surface area contributed by atoms with Gasteiger partial charge in [0.2, 0.25) is 5.91 Å². The van der Waals surface area contributed by atoms with Crippen LogP contribution in [-0.4, -0.2) is 26.3 Å². The smallest absolute Gasteiger partial charge is 0.240 e. The van der Waals surface area contributed by atoms with Crippen LogP contribution in [0.5, 0.6) is 5.75 Å². The Kier molecular flexibility index (Phi) is 5.22. The van der Waals surface area contributed by atoms with Crippen molar-refractivity contribution < 1.29 is 14.3 Å². The van der Waals surface area contributed by atoms with Crippen LogP contribution in [0.1, 0.15) is 56.1 Å². The van der Waals surface area contributed by atoms with Gasteiger partial charge in [-0.25, -0.2) is 5.43 Å². The van der Waals surface area contributed by atoms with E-state index in [2.05, 4.69) is 10.5 Å². The van der Waals surface area contributed by atoms with Crippen LogP contribution in [0.3, 0.4) is 0 Å². The number of rotatable bonds is 7. The number of benzene rings is 1. The number of ether oxygens (including phenoxy) is 2. The second kappa shape index (κ2) is 7.63. The normalized spacial score (nSPS) is 31.4. The number of amides is 1. The lowest BCUT2D eigenvalue weighted by molar-refractivity contribution is -0.129. The average Bonchev–Trinajstić information content (AvgIpc) is 2.60. The highest BCUT2D eigenvalue weighted by molar-refractivity contribution is 5.83. The van der Waals surface area contributed by atoms with Crippen molar-refractivity contribution in [3.8, 4) is 5.75 Å². The summed E-state index contributed by atoms with van der Waals surface area (Å²) in [5, 5.41) is 4.19. The van der Waals surface area contributed by atoms with Crippen LogP contribution in [0.15, 0.2) is 23.3 Å². The Morgan fingerprint density at radius 2 is 1.85 bits per heavy atom.